The summed E-state index contributed by atoms with van der Waals surface area (Å²) in [7, 11) is 0. The molecule has 3 heteroatoms. The number of amides is 1. The molecule has 1 aliphatic rings. The van der Waals surface area contributed by atoms with E-state index in [2.05, 4.69) is 72.0 Å². The third-order valence-corrected chi connectivity index (χ3v) is 6.04. The Kier molecular flexibility index (Phi) is 4.24. The lowest BCUT2D eigenvalue weighted by atomic mass is 9.93. The lowest BCUT2D eigenvalue weighted by molar-refractivity contribution is 0.0665. The van der Waals surface area contributed by atoms with Crippen molar-refractivity contribution in [1.82, 2.24) is 9.47 Å². The van der Waals surface area contributed by atoms with Crippen LogP contribution in [0.25, 0.3) is 10.8 Å². The minimum Gasteiger partial charge on any atom is -0.348 e. The molecule has 0 spiro atoms. The van der Waals surface area contributed by atoms with Gasteiger partial charge in [0.15, 0.2) is 0 Å². The van der Waals surface area contributed by atoms with Gasteiger partial charge in [0.2, 0.25) is 0 Å². The molecule has 0 saturated heterocycles. The second kappa shape index (κ2) is 6.93. The number of benzene rings is 3. The molecule has 0 radical (unpaired) electrons. The molecule has 1 amide bonds. The summed E-state index contributed by atoms with van der Waals surface area (Å²) < 4.78 is 2.27. The maximum atomic E-state index is 13.8. The fourth-order valence-corrected chi connectivity index (χ4v) is 4.63. The Bertz CT molecular complexity index is 1220. The van der Waals surface area contributed by atoms with Crippen LogP contribution in [0.4, 0.5) is 0 Å². The molecule has 4 aromatic rings. The highest BCUT2D eigenvalue weighted by atomic mass is 16.2. The van der Waals surface area contributed by atoms with Crippen LogP contribution in [0, 0.1) is 13.8 Å². The largest absolute Gasteiger partial charge is 0.348 e. The third-order valence-electron chi connectivity index (χ3n) is 6.04. The van der Waals surface area contributed by atoms with Gasteiger partial charge in [-0.05, 0) is 53.9 Å². The van der Waals surface area contributed by atoms with Gasteiger partial charge in [0.05, 0.1) is 6.04 Å². The van der Waals surface area contributed by atoms with Crippen LogP contribution in [-0.2, 0) is 6.54 Å². The molecule has 0 aliphatic carbocycles. The number of aryl methyl sites for hydroxylation is 2. The Labute approximate surface area is 171 Å². The van der Waals surface area contributed by atoms with Crippen molar-refractivity contribution in [2.45, 2.75) is 26.4 Å². The molecule has 1 aromatic heterocycles. The van der Waals surface area contributed by atoms with Crippen molar-refractivity contribution < 1.29 is 4.79 Å². The van der Waals surface area contributed by atoms with Gasteiger partial charge in [-0.15, -0.1) is 0 Å². The van der Waals surface area contributed by atoms with Gasteiger partial charge in [-0.25, -0.2) is 0 Å². The molecule has 144 valence electrons. The molecule has 3 nitrogen and oxygen atoms in total. The van der Waals surface area contributed by atoms with E-state index < -0.39 is 0 Å². The zero-order valence-electron chi connectivity index (χ0n) is 16.8. The molecule has 0 saturated carbocycles. The molecule has 0 N–H and O–H groups in total. The van der Waals surface area contributed by atoms with E-state index in [1.54, 1.807) is 0 Å². The van der Waals surface area contributed by atoms with Crippen LogP contribution in [0.15, 0.2) is 79.0 Å². The van der Waals surface area contributed by atoms with E-state index in [4.69, 9.17) is 0 Å². The van der Waals surface area contributed by atoms with Gasteiger partial charge in [0.25, 0.3) is 5.91 Å². The quantitative estimate of drug-likeness (QED) is 0.450. The number of carbonyl (C=O) groups is 1. The fourth-order valence-electron chi connectivity index (χ4n) is 4.63. The van der Waals surface area contributed by atoms with Gasteiger partial charge >= 0.3 is 0 Å². The maximum absolute atomic E-state index is 13.8. The van der Waals surface area contributed by atoms with Gasteiger partial charge in [0.1, 0.15) is 0 Å². The summed E-state index contributed by atoms with van der Waals surface area (Å²) >= 11 is 0. The molecule has 2 heterocycles. The standard InChI is InChI=1S/C26H24N2O/c1-18-12-13-21(19(2)17-18)25-24-11-6-14-27(24)15-16-28(25)26(29)23-10-5-8-20-7-3-4-9-22(20)23/h3-14,17,25H,15-16H2,1-2H3. The first-order valence-corrected chi connectivity index (χ1v) is 10.1. The predicted octanol–water partition coefficient (Wildman–Crippen LogP) is 5.50. The molecule has 1 aliphatic heterocycles. The molecule has 29 heavy (non-hydrogen) atoms. The van der Waals surface area contributed by atoms with Crippen molar-refractivity contribution in [2.75, 3.05) is 6.54 Å². The molecule has 3 aromatic carbocycles. The average Bonchev–Trinajstić information content (AvgIpc) is 3.21. The smallest absolute Gasteiger partial charge is 0.255 e. The zero-order valence-corrected chi connectivity index (χ0v) is 16.8. The summed E-state index contributed by atoms with van der Waals surface area (Å²) in [5, 5.41) is 2.11. The van der Waals surface area contributed by atoms with Gasteiger partial charge < -0.3 is 9.47 Å². The minimum absolute atomic E-state index is 0.0779. The van der Waals surface area contributed by atoms with E-state index in [-0.39, 0.29) is 11.9 Å². The highest BCUT2D eigenvalue weighted by molar-refractivity contribution is 6.07. The number of nitrogens with zero attached hydrogens (tertiary/aromatic N) is 2. The van der Waals surface area contributed by atoms with E-state index in [0.29, 0.717) is 6.54 Å². The van der Waals surface area contributed by atoms with Crippen molar-refractivity contribution in [3.05, 3.63) is 107 Å². The SMILES string of the molecule is Cc1ccc(C2c3cccn3CCN2C(=O)c2cccc3ccccc23)c(C)c1. The van der Waals surface area contributed by atoms with Crippen molar-refractivity contribution in [3.63, 3.8) is 0 Å². The lowest BCUT2D eigenvalue weighted by Crippen LogP contribution is -2.42. The number of fused-ring (bicyclic) bond motifs is 2. The van der Waals surface area contributed by atoms with Crippen molar-refractivity contribution in [1.29, 1.82) is 0 Å². The first kappa shape index (κ1) is 17.7. The number of carbonyl (C=O) groups excluding carboxylic acids is 1. The van der Waals surface area contributed by atoms with Gasteiger partial charge in [-0.2, -0.15) is 0 Å². The second-order valence-corrected chi connectivity index (χ2v) is 7.91. The van der Waals surface area contributed by atoms with E-state index in [9.17, 15) is 4.79 Å². The van der Waals surface area contributed by atoms with E-state index >= 15 is 0 Å². The average molecular weight is 380 g/mol. The van der Waals surface area contributed by atoms with Crippen molar-refractivity contribution >= 4 is 16.7 Å². The molecule has 1 atom stereocenters. The van der Waals surface area contributed by atoms with Gasteiger partial charge in [-0.1, -0.05) is 60.2 Å². The third kappa shape index (κ3) is 2.94. The molecule has 5 rings (SSSR count). The summed E-state index contributed by atoms with van der Waals surface area (Å²) in [6, 6.07) is 24.8. The van der Waals surface area contributed by atoms with Gasteiger partial charge in [0, 0.05) is 30.5 Å². The predicted molar refractivity (Wildman–Crippen MR) is 117 cm³/mol. The molecule has 0 bridgehead atoms. The highest BCUT2D eigenvalue weighted by Crippen LogP contribution is 2.36. The van der Waals surface area contributed by atoms with E-state index in [1.807, 2.05) is 30.3 Å². The normalized spacial score (nSPS) is 16.1. The van der Waals surface area contributed by atoms with Crippen molar-refractivity contribution in [3.8, 4) is 0 Å². The Morgan fingerprint density at radius 3 is 2.59 bits per heavy atom. The lowest BCUT2D eigenvalue weighted by Gasteiger charge is -2.38. The number of rotatable bonds is 2. The van der Waals surface area contributed by atoms with Crippen LogP contribution in [0.1, 0.15) is 38.8 Å². The molecular formula is C26H24N2O. The van der Waals surface area contributed by atoms with Crippen LogP contribution >= 0.6 is 0 Å². The van der Waals surface area contributed by atoms with Crippen LogP contribution in [-0.4, -0.2) is 21.9 Å². The van der Waals surface area contributed by atoms with Crippen LogP contribution < -0.4 is 0 Å². The van der Waals surface area contributed by atoms with Crippen LogP contribution in [0.3, 0.4) is 0 Å². The fraction of sp³-hybridized carbons (Fsp3) is 0.192. The molecule has 0 fully saturated rings. The summed E-state index contributed by atoms with van der Waals surface area (Å²) in [6.45, 7) is 5.77. The number of hydrogen-bond acceptors (Lipinski definition) is 1. The second-order valence-electron chi connectivity index (χ2n) is 7.91. The Morgan fingerprint density at radius 1 is 0.897 bits per heavy atom. The highest BCUT2D eigenvalue weighted by Gasteiger charge is 2.33. The Hall–Kier alpha value is -3.33. The number of hydrogen-bond donors (Lipinski definition) is 0. The first-order valence-electron chi connectivity index (χ1n) is 10.1. The van der Waals surface area contributed by atoms with Crippen LogP contribution in [0.5, 0.6) is 0 Å². The van der Waals surface area contributed by atoms with E-state index in [0.717, 1.165) is 22.9 Å². The topological polar surface area (TPSA) is 25.2 Å². The summed E-state index contributed by atoms with van der Waals surface area (Å²) in [6.07, 6.45) is 2.12. The zero-order chi connectivity index (χ0) is 20.0. The van der Waals surface area contributed by atoms with Gasteiger partial charge in [-0.3, -0.25) is 4.79 Å². The molecule has 1 unspecified atom stereocenters. The maximum Gasteiger partial charge on any atom is 0.255 e. The Morgan fingerprint density at radius 2 is 1.72 bits per heavy atom. The monoisotopic (exact) mass is 380 g/mol. The minimum atomic E-state index is -0.0779. The summed E-state index contributed by atoms with van der Waals surface area (Å²) in [5.74, 6) is 0.0965. The number of aromatic nitrogens is 1. The summed E-state index contributed by atoms with van der Waals surface area (Å²) in [4.78, 5) is 15.9. The van der Waals surface area contributed by atoms with Crippen LogP contribution in [0.2, 0.25) is 0 Å². The van der Waals surface area contributed by atoms with Crippen molar-refractivity contribution in [2.24, 2.45) is 0 Å². The summed E-state index contributed by atoms with van der Waals surface area (Å²) in [5.41, 5.74) is 5.61. The first-order chi connectivity index (χ1) is 14.1. The van der Waals surface area contributed by atoms with E-state index in [1.165, 1.54) is 22.4 Å². The molecular weight excluding hydrogens is 356 g/mol. The Balaban J connectivity index is 1.65.